The number of carbonyl (C=O) groups excluding carboxylic acids is 1. The third-order valence-corrected chi connectivity index (χ3v) is 3.07. The van der Waals surface area contributed by atoms with Crippen LogP contribution in [0.2, 0.25) is 0 Å². The van der Waals surface area contributed by atoms with Crippen LogP contribution in [-0.2, 0) is 0 Å². The van der Waals surface area contributed by atoms with Gasteiger partial charge in [0.2, 0.25) is 0 Å². The lowest BCUT2D eigenvalue weighted by Gasteiger charge is -2.16. The molecule has 0 radical (unpaired) electrons. The van der Waals surface area contributed by atoms with Gasteiger partial charge < -0.3 is 10.2 Å². The van der Waals surface area contributed by atoms with Gasteiger partial charge in [0.05, 0.1) is 0 Å². The van der Waals surface area contributed by atoms with Crippen molar-refractivity contribution in [2.24, 2.45) is 0 Å². The lowest BCUT2D eigenvalue weighted by molar-refractivity contribution is 0.0953. The largest absolute Gasteiger partial charge is 0.362 e. The van der Waals surface area contributed by atoms with Crippen molar-refractivity contribution < 1.29 is 9.18 Å². The van der Waals surface area contributed by atoms with Gasteiger partial charge in [-0.15, -0.1) is 0 Å². The van der Waals surface area contributed by atoms with Crippen LogP contribution in [0.3, 0.4) is 0 Å². The fourth-order valence-electron chi connectivity index (χ4n) is 1.95. The Kier molecular flexibility index (Phi) is 5.04. The molecule has 0 atom stereocenters. The Bertz CT molecular complexity index is 656. The van der Waals surface area contributed by atoms with E-state index in [9.17, 15) is 9.18 Å². The maximum Gasteiger partial charge on any atom is 0.256 e. The molecule has 1 aromatic heterocycles. The van der Waals surface area contributed by atoms with E-state index < -0.39 is 0 Å². The molecule has 0 unspecified atom stereocenters. The number of rotatable bonds is 5. The molecule has 2 rings (SSSR count). The molecular weight excluding hydrogens is 283 g/mol. The molecule has 1 aromatic carbocycles. The maximum absolute atomic E-state index is 13.0. The third-order valence-electron chi connectivity index (χ3n) is 3.07. The number of carbonyl (C=O) groups is 1. The minimum Gasteiger partial charge on any atom is -0.362 e. The van der Waals surface area contributed by atoms with Crippen molar-refractivity contribution in [3.63, 3.8) is 0 Å². The van der Waals surface area contributed by atoms with E-state index in [-0.39, 0.29) is 11.7 Å². The summed E-state index contributed by atoms with van der Waals surface area (Å²) in [6, 6.07) is 5.94. The number of amides is 1. The number of hydrogen-bond acceptors (Lipinski definition) is 4. The molecule has 0 saturated heterocycles. The monoisotopic (exact) mass is 302 g/mol. The molecule has 2 aromatic rings. The van der Waals surface area contributed by atoms with Crippen LogP contribution < -0.4 is 10.2 Å². The molecule has 0 aliphatic heterocycles. The first-order valence-electron chi connectivity index (χ1n) is 7.11. The van der Waals surface area contributed by atoms with E-state index in [4.69, 9.17) is 0 Å². The molecule has 0 spiro atoms. The van der Waals surface area contributed by atoms with E-state index in [1.54, 1.807) is 17.0 Å². The number of aromatic nitrogens is 2. The van der Waals surface area contributed by atoms with Gasteiger partial charge in [0.1, 0.15) is 17.2 Å². The Morgan fingerprint density at radius 3 is 2.55 bits per heavy atom. The number of benzene rings is 1. The molecule has 0 aliphatic carbocycles. The molecule has 1 N–H and O–H groups in total. The van der Waals surface area contributed by atoms with E-state index in [1.165, 1.54) is 18.3 Å². The van der Waals surface area contributed by atoms with Crippen LogP contribution in [0.5, 0.6) is 0 Å². The predicted octanol–water partition coefficient (Wildman–Crippen LogP) is 2.49. The second-order valence-electron chi connectivity index (χ2n) is 5.09. The molecule has 1 heterocycles. The summed E-state index contributed by atoms with van der Waals surface area (Å²) in [5.41, 5.74) is 1.12. The van der Waals surface area contributed by atoms with Crippen LogP contribution >= 0.6 is 0 Å². The van der Waals surface area contributed by atoms with Crippen molar-refractivity contribution in [3.05, 3.63) is 41.8 Å². The Hall–Kier alpha value is -2.50. The van der Waals surface area contributed by atoms with Crippen LogP contribution in [0.1, 0.15) is 23.7 Å². The topological polar surface area (TPSA) is 58.1 Å². The number of anilines is 1. The van der Waals surface area contributed by atoms with Crippen molar-refractivity contribution in [2.75, 3.05) is 25.5 Å². The smallest absolute Gasteiger partial charge is 0.256 e. The lowest BCUT2D eigenvalue weighted by Crippen LogP contribution is -2.27. The fraction of sp³-hybridized carbons (Fsp3) is 0.312. The van der Waals surface area contributed by atoms with E-state index >= 15 is 0 Å². The van der Waals surface area contributed by atoms with Gasteiger partial charge in [0.15, 0.2) is 5.82 Å². The Morgan fingerprint density at radius 1 is 1.27 bits per heavy atom. The van der Waals surface area contributed by atoms with Gasteiger partial charge >= 0.3 is 0 Å². The molecule has 0 saturated carbocycles. The minimum atomic E-state index is -0.313. The fourth-order valence-corrected chi connectivity index (χ4v) is 1.95. The molecule has 22 heavy (non-hydrogen) atoms. The SMILES string of the molecule is CCCNC(=O)c1cnc(-c2ccc(F)cc2)nc1N(C)C. The van der Waals surface area contributed by atoms with Crippen LogP contribution in [-0.4, -0.2) is 36.5 Å². The summed E-state index contributed by atoms with van der Waals surface area (Å²) in [4.78, 5) is 22.6. The van der Waals surface area contributed by atoms with Gasteiger partial charge in [0.25, 0.3) is 5.91 Å². The summed E-state index contributed by atoms with van der Waals surface area (Å²) in [5.74, 6) is 0.474. The van der Waals surface area contributed by atoms with Gasteiger partial charge in [0, 0.05) is 32.4 Å². The van der Waals surface area contributed by atoms with Gasteiger partial charge in [-0.3, -0.25) is 4.79 Å². The minimum absolute atomic E-state index is 0.198. The second-order valence-corrected chi connectivity index (χ2v) is 5.09. The Morgan fingerprint density at radius 2 is 1.95 bits per heavy atom. The summed E-state index contributed by atoms with van der Waals surface area (Å²) in [5, 5.41) is 2.82. The molecule has 5 nitrogen and oxygen atoms in total. The predicted molar refractivity (Wildman–Crippen MR) is 84.4 cm³/mol. The lowest BCUT2D eigenvalue weighted by atomic mass is 10.2. The van der Waals surface area contributed by atoms with Gasteiger partial charge in [-0.1, -0.05) is 6.92 Å². The number of nitrogens with zero attached hydrogens (tertiary/aromatic N) is 3. The quantitative estimate of drug-likeness (QED) is 0.922. The van der Waals surface area contributed by atoms with E-state index in [0.717, 1.165) is 6.42 Å². The van der Waals surface area contributed by atoms with Crippen molar-refractivity contribution in [1.82, 2.24) is 15.3 Å². The first-order chi connectivity index (χ1) is 10.5. The van der Waals surface area contributed by atoms with E-state index in [1.807, 2.05) is 21.0 Å². The molecule has 1 amide bonds. The average molecular weight is 302 g/mol. The Labute approximate surface area is 129 Å². The first kappa shape index (κ1) is 15.9. The highest BCUT2D eigenvalue weighted by atomic mass is 19.1. The highest BCUT2D eigenvalue weighted by Crippen LogP contribution is 2.21. The van der Waals surface area contributed by atoms with Gasteiger partial charge in [-0.2, -0.15) is 0 Å². The maximum atomic E-state index is 13.0. The molecule has 116 valence electrons. The van der Waals surface area contributed by atoms with Gasteiger partial charge in [-0.05, 0) is 30.7 Å². The normalized spacial score (nSPS) is 10.4. The summed E-state index contributed by atoms with van der Waals surface area (Å²) in [6.45, 7) is 2.59. The van der Waals surface area contributed by atoms with Crippen molar-refractivity contribution in [2.45, 2.75) is 13.3 Å². The molecule has 0 fully saturated rings. The van der Waals surface area contributed by atoms with Crippen LogP contribution in [0.4, 0.5) is 10.2 Å². The summed E-state index contributed by atoms with van der Waals surface area (Å²) in [6.07, 6.45) is 2.36. The molecule has 0 bridgehead atoms. The molecule has 0 aliphatic rings. The van der Waals surface area contributed by atoms with Gasteiger partial charge in [-0.25, -0.2) is 14.4 Å². The summed E-state index contributed by atoms with van der Waals surface area (Å²) >= 11 is 0. The number of hydrogen-bond donors (Lipinski definition) is 1. The highest BCUT2D eigenvalue weighted by molar-refractivity contribution is 5.98. The zero-order valence-corrected chi connectivity index (χ0v) is 12.9. The van der Waals surface area contributed by atoms with E-state index in [2.05, 4.69) is 15.3 Å². The summed E-state index contributed by atoms with van der Waals surface area (Å²) < 4.78 is 13.0. The standard InChI is InChI=1S/C16H19FN4O/c1-4-9-18-16(22)13-10-19-14(20-15(13)21(2)3)11-5-7-12(17)8-6-11/h5-8,10H,4,9H2,1-3H3,(H,18,22). The van der Waals surface area contributed by atoms with Crippen LogP contribution in [0, 0.1) is 5.82 Å². The van der Waals surface area contributed by atoms with Crippen LogP contribution in [0.15, 0.2) is 30.5 Å². The number of nitrogens with one attached hydrogen (secondary N) is 1. The highest BCUT2D eigenvalue weighted by Gasteiger charge is 2.16. The third kappa shape index (κ3) is 3.58. The van der Waals surface area contributed by atoms with Crippen molar-refractivity contribution in [1.29, 1.82) is 0 Å². The average Bonchev–Trinajstić information content (AvgIpc) is 2.52. The second kappa shape index (κ2) is 6.98. The van der Waals surface area contributed by atoms with Crippen molar-refractivity contribution in [3.8, 4) is 11.4 Å². The van der Waals surface area contributed by atoms with E-state index in [0.29, 0.717) is 29.3 Å². The molecular formula is C16H19FN4O. The zero-order valence-electron chi connectivity index (χ0n) is 12.9. The summed E-state index contributed by atoms with van der Waals surface area (Å²) in [7, 11) is 3.63. The van der Waals surface area contributed by atoms with Crippen LogP contribution in [0.25, 0.3) is 11.4 Å². The Balaban J connectivity index is 2.38. The number of halogens is 1. The molecule has 6 heteroatoms. The van der Waals surface area contributed by atoms with Crippen molar-refractivity contribution >= 4 is 11.7 Å². The first-order valence-corrected chi connectivity index (χ1v) is 7.11. The zero-order chi connectivity index (χ0) is 16.1.